The molecule has 0 spiro atoms. The van der Waals surface area contributed by atoms with Gasteiger partial charge >= 0.3 is 6.09 Å². The van der Waals surface area contributed by atoms with Gasteiger partial charge < -0.3 is 15.4 Å². The van der Waals surface area contributed by atoms with Crippen molar-refractivity contribution in [1.29, 1.82) is 0 Å². The second-order valence-electron chi connectivity index (χ2n) is 8.75. The highest BCUT2D eigenvalue weighted by Gasteiger charge is 2.28. The molecular formula is C20H35N2O4. The monoisotopic (exact) mass is 367 g/mol. The zero-order valence-electron chi connectivity index (χ0n) is 16.9. The molecule has 6 heteroatoms. The lowest BCUT2D eigenvalue weighted by molar-refractivity contribution is -0.124. The molecule has 6 nitrogen and oxygen atoms in total. The van der Waals surface area contributed by atoms with Crippen LogP contribution in [0.15, 0.2) is 0 Å². The number of carbonyl (C=O) groups is 2. The van der Waals surface area contributed by atoms with Gasteiger partial charge in [-0.2, -0.15) is 0 Å². The Morgan fingerprint density at radius 2 is 1.73 bits per heavy atom. The lowest BCUT2D eigenvalue weighted by Crippen LogP contribution is -2.51. The van der Waals surface area contributed by atoms with Crippen LogP contribution in [-0.2, 0) is 14.3 Å². The van der Waals surface area contributed by atoms with Crippen molar-refractivity contribution in [1.82, 2.24) is 10.6 Å². The number of alkyl carbamates (subject to hydrolysis) is 1. The van der Waals surface area contributed by atoms with Crippen LogP contribution in [0, 0.1) is 11.8 Å². The van der Waals surface area contributed by atoms with E-state index in [9.17, 15) is 14.4 Å². The summed E-state index contributed by atoms with van der Waals surface area (Å²) in [6.45, 7) is 9.26. The molecule has 0 saturated heterocycles. The Labute approximate surface area is 157 Å². The molecule has 2 atom stereocenters. The van der Waals surface area contributed by atoms with Crippen LogP contribution in [-0.4, -0.2) is 36.0 Å². The molecule has 2 N–H and O–H groups in total. The summed E-state index contributed by atoms with van der Waals surface area (Å²) < 4.78 is 5.25. The maximum absolute atomic E-state index is 12.6. The van der Waals surface area contributed by atoms with Crippen molar-refractivity contribution in [3.63, 3.8) is 0 Å². The van der Waals surface area contributed by atoms with Crippen LogP contribution in [0.1, 0.15) is 79.6 Å². The van der Waals surface area contributed by atoms with Gasteiger partial charge in [0, 0.05) is 0 Å². The predicted molar refractivity (Wildman–Crippen MR) is 101 cm³/mol. The average Bonchev–Trinajstić information content (AvgIpc) is 2.52. The Morgan fingerprint density at radius 1 is 1.12 bits per heavy atom. The largest absolute Gasteiger partial charge is 0.444 e. The first-order valence-electron chi connectivity index (χ1n) is 9.78. The Balaban J connectivity index is 2.64. The summed E-state index contributed by atoms with van der Waals surface area (Å²) in [4.78, 5) is 36.0. The van der Waals surface area contributed by atoms with Crippen LogP contribution >= 0.6 is 0 Å². The first-order chi connectivity index (χ1) is 12.1. The molecule has 1 aliphatic carbocycles. The summed E-state index contributed by atoms with van der Waals surface area (Å²) in [5.41, 5.74) is -0.636. The molecule has 1 fully saturated rings. The number of nitrogens with one attached hydrogen (secondary N) is 2. The molecule has 1 saturated carbocycles. The standard InChI is InChI=1S/C20H35N2O4/c1-14(2)11-17(22-19(25)26-20(3,4)5)18(24)21-16(13-23)12-15-9-7-6-8-10-15/h14-17H,6-12H2,1-5H3,(H,21,24)(H,22,25)/t16-,17+/m0/s1. The molecule has 0 aromatic rings. The zero-order valence-corrected chi connectivity index (χ0v) is 16.9. The number of ether oxygens (including phenoxy) is 1. The second-order valence-corrected chi connectivity index (χ2v) is 8.75. The van der Waals surface area contributed by atoms with Crippen molar-refractivity contribution in [2.45, 2.75) is 97.2 Å². The summed E-state index contributed by atoms with van der Waals surface area (Å²) >= 11 is 0. The molecule has 1 rings (SSSR count). The van der Waals surface area contributed by atoms with E-state index in [4.69, 9.17) is 4.74 Å². The lowest BCUT2D eigenvalue weighted by atomic mass is 9.85. The molecule has 0 unspecified atom stereocenters. The molecule has 0 heterocycles. The summed E-state index contributed by atoms with van der Waals surface area (Å²) in [5, 5.41) is 5.39. The fourth-order valence-corrected chi connectivity index (χ4v) is 3.32. The van der Waals surface area contributed by atoms with E-state index in [2.05, 4.69) is 10.6 Å². The van der Waals surface area contributed by atoms with E-state index in [0.29, 0.717) is 18.8 Å². The Hall–Kier alpha value is -1.59. The van der Waals surface area contributed by atoms with Crippen molar-refractivity contribution >= 4 is 18.3 Å². The summed E-state index contributed by atoms with van der Waals surface area (Å²) in [6.07, 6.45) is 8.22. The van der Waals surface area contributed by atoms with Crippen LogP contribution in [0.25, 0.3) is 0 Å². The summed E-state index contributed by atoms with van der Waals surface area (Å²) in [5.74, 6) is 0.310. The van der Waals surface area contributed by atoms with E-state index in [1.807, 2.05) is 20.1 Å². The van der Waals surface area contributed by atoms with Gasteiger partial charge in [-0.15, -0.1) is 0 Å². The van der Waals surface area contributed by atoms with Crippen LogP contribution < -0.4 is 10.6 Å². The second kappa shape index (κ2) is 10.5. The first kappa shape index (κ1) is 22.5. The molecule has 2 amide bonds. The zero-order chi connectivity index (χ0) is 19.7. The highest BCUT2D eigenvalue weighted by atomic mass is 16.6. The van der Waals surface area contributed by atoms with Crippen LogP contribution in [0.3, 0.4) is 0 Å². The SMILES string of the molecule is CC(C)C[C@@H](NC(=O)OC(C)(C)C)C(=O)N[C@H]([C]=O)CC1CCCCC1. The third-order valence-corrected chi connectivity index (χ3v) is 4.47. The van der Waals surface area contributed by atoms with E-state index in [1.165, 1.54) is 19.3 Å². The first-order valence-corrected chi connectivity index (χ1v) is 9.78. The summed E-state index contributed by atoms with van der Waals surface area (Å²) in [7, 11) is 0. The minimum absolute atomic E-state index is 0.206. The topological polar surface area (TPSA) is 84.5 Å². The fourth-order valence-electron chi connectivity index (χ4n) is 3.32. The quantitative estimate of drug-likeness (QED) is 0.688. The number of rotatable bonds is 8. The van der Waals surface area contributed by atoms with E-state index < -0.39 is 23.8 Å². The van der Waals surface area contributed by atoms with Gasteiger partial charge in [0.05, 0.1) is 6.04 Å². The van der Waals surface area contributed by atoms with Crippen LogP contribution in [0.2, 0.25) is 0 Å². The molecular weight excluding hydrogens is 332 g/mol. The normalized spacial score (nSPS) is 18.1. The predicted octanol–water partition coefficient (Wildman–Crippen LogP) is 3.49. The van der Waals surface area contributed by atoms with Crippen LogP contribution in [0.5, 0.6) is 0 Å². The molecule has 1 radical (unpaired) electrons. The lowest BCUT2D eigenvalue weighted by Gasteiger charge is -2.27. The minimum Gasteiger partial charge on any atom is -0.444 e. The number of carbonyl (C=O) groups excluding carboxylic acids is 3. The van der Waals surface area contributed by atoms with Gasteiger partial charge in [0.15, 0.2) is 0 Å². The van der Waals surface area contributed by atoms with E-state index in [0.717, 1.165) is 12.8 Å². The molecule has 0 aromatic heterocycles. The average molecular weight is 368 g/mol. The third-order valence-electron chi connectivity index (χ3n) is 4.47. The molecule has 1 aliphatic rings. The van der Waals surface area contributed by atoms with Gasteiger partial charge in [-0.1, -0.05) is 46.0 Å². The van der Waals surface area contributed by atoms with Gasteiger partial charge in [-0.05, 0) is 45.4 Å². The van der Waals surface area contributed by atoms with Crippen molar-refractivity contribution in [2.24, 2.45) is 11.8 Å². The third kappa shape index (κ3) is 9.20. The van der Waals surface area contributed by atoms with E-state index >= 15 is 0 Å². The van der Waals surface area contributed by atoms with Crippen molar-refractivity contribution < 1.29 is 19.1 Å². The van der Waals surface area contributed by atoms with Gasteiger partial charge in [-0.25, -0.2) is 4.79 Å². The number of hydrogen-bond donors (Lipinski definition) is 2. The van der Waals surface area contributed by atoms with Gasteiger partial charge in [0.1, 0.15) is 11.6 Å². The number of hydrogen-bond acceptors (Lipinski definition) is 4. The maximum Gasteiger partial charge on any atom is 0.408 e. The Bertz CT molecular complexity index is 465. The van der Waals surface area contributed by atoms with E-state index in [1.54, 1.807) is 20.8 Å². The summed E-state index contributed by atoms with van der Waals surface area (Å²) in [6, 6.07) is -1.35. The highest BCUT2D eigenvalue weighted by molar-refractivity contribution is 5.87. The van der Waals surface area contributed by atoms with E-state index in [-0.39, 0.29) is 11.8 Å². The van der Waals surface area contributed by atoms with Crippen molar-refractivity contribution in [3.8, 4) is 0 Å². The molecule has 149 valence electrons. The van der Waals surface area contributed by atoms with Gasteiger partial charge in [-0.3, -0.25) is 9.59 Å². The van der Waals surface area contributed by atoms with Crippen LogP contribution in [0.4, 0.5) is 4.79 Å². The molecule has 0 aromatic carbocycles. The van der Waals surface area contributed by atoms with Crippen molar-refractivity contribution in [2.75, 3.05) is 0 Å². The van der Waals surface area contributed by atoms with Gasteiger partial charge in [0.25, 0.3) is 0 Å². The molecule has 0 bridgehead atoms. The molecule has 26 heavy (non-hydrogen) atoms. The maximum atomic E-state index is 12.6. The smallest absolute Gasteiger partial charge is 0.408 e. The fraction of sp³-hybridized carbons (Fsp3) is 0.850. The Morgan fingerprint density at radius 3 is 2.23 bits per heavy atom. The molecule has 0 aliphatic heterocycles. The van der Waals surface area contributed by atoms with Gasteiger partial charge in [0.2, 0.25) is 12.2 Å². The van der Waals surface area contributed by atoms with Crippen molar-refractivity contribution in [3.05, 3.63) is 0 Å². The number of amides is 2. The minimum atomic E-state index is -0.730. The highest BCUT2D eigenvalue weighted by Crippen LogP contribution is 2.27. The Kier molecular flexibility index (Phi) is 9.09.